The van der Waals surface area contributed by atoms with Crippen LogP contribution in [0.4, 0.5) is 4.79 Å². The van der Waals surface area contributed by atoms with Crippen LogP contribution in [0.15, 0.2) is 48.8 Å². The molecular weight excluding hydrogens is 396 g/mol. The van der Waals surface area contributed by atoms with Gasteiger partial charge in [0.2, 0.25) is 0 Å². The van der Waals surface area contributed by atoms with Gasteiger partial charge in [-0.3, -0.25) is 9.78 Å². The molecule has 8 nitrogen and oxygen atoms in total. The van der Waals surface area contributed by atoms with E-state index >= 15 is 0 Å². The molecule has 1 heterocycles. The molecule has 2 atom stereocenters. The summed E-state index contributed by atoms with van der Waals surface area (Å²) in [6.07, 6.45) is 2.18. The zero-order valence-corrected chi connectivity index (χ0v) is 18.5. The average Bonchev–Trinajstić information content (AvgIpc) is 2.72. The van der Waals surface area contributed by atoms with Crippen LogP contribution in [-0.2, 0) is 17.7 Å². The summed E-state index contributed by atoms with van der Waals surface area (Å²) in [4.78, 5) is 28.1. The van der Waals surface area contributed by atoms with Crippen molar-refractivity contribution in [3.05, 3.63) is 65.5 Å². The van der Waals surface area contributed by atoms with Crippen LogP contribution < -0.4 is 16.0 Å². The highest BCUT2D eigenvalue weighted by atomic mass is 16.6. The lowest BCUT2D eigenvalue weighted by Crippen LogP contribution is -2.49. The van der Waals surface area contributed by atoms with E-state index in [9.17, 15) is 14.7 Å². The van der Waals surface area contributed by atoms with Crippen LogP contribution in [0, 0.1) is 0 Å². The molecule has 2 rings (SSSR count). The van der Waals surface area contributed by atoms with Gasteiger partial charge in [0.1, 0.15) is 5.60 Å². The van der Waals surface area contributed by atoms with Crippen LogP contribution in [0.25, 0.3) is 0 Å². The highest BCUT2D eigenvalue weighted by Crippen LogP contribution is 2.10. The van der Waals surface area contributed by atoms with Gasteiger partial charge in [-0.05, 0) is 44.4 Å². The van der Waals surface area contributed by atoms with Crippen molar-refractivity contribution in [2.45, 2.75) is 51.5 Å². The van der Waals surface area contributed by atoms with Gasteiger partial charge in [-0.15, -0.1) is 0 Å². The molecule has 2 aromatic rings. The Labute approximate surface area is 183 Å². The van der Waals surface area contributed by atoms with Crippen molar-refractivity contribution in [3.8, 4) is 0 Å². The maximum Gasteiger partial charge on any atom is 0.407 e. The van der Waals surface area contributed by atoms with Gasteiger partial charge in [0.25, 0.3) is 5.91 Å². The Bertz CT molecular complexity index is 852. The lowest BCUT2D eigenvalue weighted by Gasteiger charge is -2.27. The summed E-state index contributed by atoms with van der Waals surface area (Å²) >= 11 is 0. The molecule has 0 fully saturated rings. The van der Waals surface area contributed by atoms with E-state index in [1.54, 1.807) is 40.1 Å². The summed E-state index contributed by atoms with van der Waals surface area (Å²) in [5.41, 5.74) is 1.64. The summed E-state index contributed by atoms with van der Waals surface area (Å²) in [5.74, 6) is -0.209. The van der Waals surface area contributed by atoms with Crippen LogP contribution in [-0.4, -0.2) is 53.4 Å². The topological polar surface area (TPSA) is 113 Å². The summed E-state index contributed by atoms with van der Waals surface area (Å²) in [5, 5.41) is 19.3. The maximum absolute atomic E-state index is 12.3. The third kappa shape index (κ3) is 8.74. The number of ether oxygens (including phenoxy) is 1. The van der Waals surface area contributed by atoms with Gasteiger partial charge in [0.15, 0.2) is 0 Å². The van der Waals surface area contributed by atoms with Gasteiger partial charge in [0, 0.05) is 32.5 Å². The number of aliphatic hydroxyl groups is 1. The van der Waals surface area contributed by atoms with Gasteiger partial charge in [-0.25, -0.2) is 4.79 Å². The van der Waals surface area contributed by atoms with E-state index in [1.165, 1.54) is 6.20 Å². The molecule has 2 amide bonds. The zero-order valence-electron chi connectivity index (χ0n) is 18.5. The molecule has 0 unspecified atom stereocenters. The number of aliphatic hydroxyl groups excluding tert-OH is 1. The number of nitrogens with zero attached hydrogens (tertiary/aromatic N) is 1. The monoisotopic (exact) mass is 428 g/mol. The molecular formula is C23H32N4O4. The molecule has 0 saturated heterocycles. The normalized spacial score (nSPS) is 13.2. The first kappa shape index (κ1) is 24.3. The largest absolute Gasteiger partial charge is 0.444 e. The molecule has 0 spiro atoms. The zero-order chi connectivity index (χ0) is 22.9. The molecule has 0 saturated carbocycles. The van der Waals surface area contributed by atoms with Crippen LogP contribution in [0.1, 0.15) is 42.3 Å². The Morgan fingerprint density at radius 2 is 1.84 bits per heavy atom. The maximum atomic E-state index is 12.3. The lowest BCUT2D eigenvalue weighted by atomic mass is 10.0. The average molecular weight is 429 g/mol. The fraction of sp³-hybridized carbons (Fsp3) is 0.435. The van der Waals surface area contributed by atoms with E-state index in [1.807, 2.05) is 30.3 Å². The Morgan fingerprint density at radius 1 is 1.13 bits per heavy atom. The molecule has 8 heteroatoms. The highest BCUT2D eigenvalue weighted by molar-refractivity contribution is 5.93. The number of carbonyl (C=O) groups is 2. The van der Waals surface area contributed by atoms with Crippen molar-refractivity contribution in [2.75, 3.05) is 13.6 Å². The molecule has 0 aliphatic rings. The number of amides is 2. The molecule has 168 valence electrons. The van der Waals surface area contributed by atoms with Gasteiger partial charge in [-0.1, -0.05) is 30.3 Å². The Hall–Kier alpha value is -2.97. The smallest absolute Gasteiger partial charge is 0.407 e. The third-order valence-corrected chi connectivity index (χ3v) is 4.43. The molecule has 0 aliphatic heterocycles. The van der Waals surface area contributed by atoms with Crippen LogP contribution in [0.2, 0.25) is 0 Å². The van der Waals surface area contributed by atoms with E-state index in [-0.39, 0.29) is 12.5 Å². The minimum atomic E-state index is -0.859. The van der Waals surface area contributed by atoms with Crippen LogP contribution in [0.5, 0.6) is 0 Å². The standard InChI is InChI=1S/C23H32N4O4/c1-23(2,3)31-22(30)27-19(11-16-8-6-5-7-9-16)20(28)15-26-13-17-10-18(14-25-12-17)21(29)24-4/h5-10,12,14,19-20,26,28H,11,13,15H2,1-4H3,(H,24,29)(H,27,30)/t19-,20+/m0/s1. The fourth-order valence-electron chi connectivity index (χ4n) is 2.97. The second-order valence-electron chi connectivity index (χ2n) is 8.30. The van der Waals surface area contributed by atoms with Crippen molar-refractivity contribution >= 4 is 12.0 Å². The fourth-order valence-corrected chi connectivity index (χ4v) is 2.97. The molecule has 31 heavy (non-hydrogen) atoms. The van der Waals surface area contributed by atoms with E-state index in [0.717, 1.165) is 11.1 Å². The number of rotatable bonds is 9. The van der Waals surface area contributed by atoms with Crippen LogP contribution >= 0.6 is 0 Å². The van der Waals surface area contributed by atoms with E-state index in [0.29, 0.717) is 18.5 Å². The number of alkyl carbamates (subject to hydrolysis) is 1. The first-order chi connectivity index (χ1) is 14.7. The van der Waals surface area contributed by atoms with Gasteiger partial charge < -0.3 is 25.8 Å². The number of nitrogens with one attached hydrogen (secondary N) is 3. The Morgan fingerprint density at radius 3 is 2.48 bits per heavy atom. The first-order valence-corrected chi connectivity index (χ1v) is 10.3. The summed E-state index contributed by atoms with van der Waals surface area (Å²) in [6, 6.07) is 10.8. The van der Waals surface area contributed by atoms with Crippen LogP contribution in [0.3, 0.4) is 0 Å². The number of hydrogen-bond acceptors (Lipinski definition) is 6. The van der Waals surface area contributed by atoms with Crippen molar-refractivity contribution < 1.29 is 19.4 Å². The van der Waals surface area contributed by atoms with Crippen molar-refractivity contribution in [3.63, 3.8) is 0 Å². The van der Waals surface area contributed by atoms with E-state index < -0.39 is 23.8 Å². The third-order valence-electron chi connectivity index (χ3n) is 4.43. The summed E-state index contributed by atoms with van der Waals surface area (Å²) < 4.78 is 5.35. The number of pyridine rings is 1. The number of hydrogen-bond donors (Lipinski definition) is 4. The quantitative estimate of drug-likeness (QED) is 0.486. The summed E-state index contributed by atoms with van der Waals surface area (Å²) in [6.45, 7) is 6.02. The van der Waals surface area contributed by atoms with Gasteiger partial charge in [-0.2, -0.15) is 0 Å². The van der Waals surface area contributed by atoms with E-state index in [2.05, 4.69) is 20.9 Å². The molecule has 1 aromatic carbocycles. The molecule has 1 aromatic heterocycles. The molecule has 4 N–H and O–H groups in total. The first-order valence-electron chi connectivity index (χ1n) is 10.3. The second kappa shape index (κ2) is 11.4. The second-order valence-corrected chi connectivity index (χ2v) is 8.30. The minimum absolute atomic E-state index is 0.209. The van der Waals surface area contributed by atoms with Crippen molar-refractivity contribution in [1.29, 1.82) is 0 Å². The SMILES string of the molecule is CNC(=O)c1cncc(CNC[C@@H](O)[C@H](Cc2ccccc2)NC(=O)OC(C)(C)C)c1. The predicted molar refractivity (Wildman–Crippen MR) is 119 cm³/mol. The Kier molecular flexibility index (Phi) is 8.96. The van der Waals surface area contributed by atoms with Crippen molar-refractivity contribution in [1.82, 2.24) is 20.9 Å². The summed E-state index contributed by atoms with van der Waals surface area (Å²) in [7, 11) is 1.56. The minimum Gasteiger partial charge on any atom is -0.444 e. The van der Waals surface area contributed by atoms with Crippen molar-refractivity contribution in [2.24, 2.45) is 0 Å². The van der Waals surface area contributed by atoms with E-state index in [4.69, 9.17) is 4.74 Å². The van der Waals surface area contributed by atoms with Gasteiger partial charge in [0.05, 0.1) is 17.7 Å². The predicted octanol–water partition coefficient (Wildman–Crippen LogP) is 2.03. The van der Waals surface area contributed by atoms with Gasteiger partial charge >= 0.3 is 6.09 Å². The number of carbonyl (C=O) groups excluding carboxylic acids is 2. The highest BCUT2D eigenvalue weighted by Gasteiger charge is 2.25. The number of aromatic nitrogens is 1. The lowest BCUT2D eigenvalue weighted by molar-refractivity contribution is 0.0422. The molecule has 0 radical (unpaired) electrons. The molecule has 0 bridgehead atoms. The Balaban J connectivity index is 1.98. The molecule has 0 aliphatic carbocycles. The number of benzene rings is 1.